The average Bonchev–Trinajstić information content (AvgIpc) is 2.81. The van der Waals surface area contributed by atoms with Crippen LogP contribution in [0.4, 0.5) is 11.5 Å². The number of anilines is 1. The van der Waals surface area contributed by atoms with Crippen molar-refractivity contribution >= 4 is 17.4 Å². The molecule has 0 saturated heterocycles. The molecule has 2 aromatic rings. The number of nitrogens with zero attached hydrogens (tertiary/aromatic N) is 2. The van der Waals surface area contributed by atoms with Gasteiger partial charge < -0.3 is 5.32 Å². The molecule has 18 heavy (non-hydrogen) atoms. The van der Waals surface area contributed by atoms with Crippen molar-refractivity contribution in [3.8, 4) is 0 Å². The number of benzene rings is 1. The minimum Gasteiger partial charge on any atom is -0.307 e. The molecule has 2 N–H and O–H groups in total. The second-order valence-electron chi connectivity index (χ2n) is 3.68. The van der Waals surface area contributed by atoms with Gasteiger partial charge in [-0.25, -0.2) is 0 Å². The van der Waals surface area contributed by atoms with E-state index in [1.54, 1.807) is 19.1 Å². The zero-order chi connectivity index (χ0) is 13.1. The quantitative estimate of drug-likeness (QED) is 0.637. The molecule has 0 saturated carbocycles. The fourth-order valence-electron chi connectivity index (χ4n) is 1.47. The third-order valence-electron chi connectivity index (χ3n) is 2.42. The Labute approximate surface area is 102 Å². The molecule has 7 nitrogen and oxygen atoms in total. The lowest BCUT2D eigenvalue weighted by Crippen LogP contribution is -2.12. The van der Waals surface area contributed by atoms with Gasteiger partial charge in [-0.2, -0.15) is 5.10 Å². The van der Waals surface area contributed by atoms with Crippen LogP contribution in [0.15, 0.2) is 30.5 Å². The van der Waals surface area contributed by atoms with Crippen molar-refractivity contribution in [1.82, 2.24) is 10.2 Å². The van der Waals surface area contributed by atoms with Crippen molar-refractivity contribution in [2.75, 3.05) is 5.32 Å². The topological polar surface area (TPSA) is 101 Å². The lowest BCUT2D eigenvalue weighted by atomic mass is 10.1. The maximum absolute atomic E-state index is 11.8. The standard InChI is InChI=1S/C11H10N4O3/c1-7-2-3-8(6-9(7)15(17)18)11(16)13-10-4-5-12-14-10/h2-6H,1H3,(H2,12,13,14,16). The summed E-state index contributed by atoms with van der Waals surface area (Å²) in [5, 5.41) is 19.6. The molecule has 1 heterocycles. The molecular formula is C11H10N4O3. The summed E-state index contributed by atoms with van der Waals surface area (Å²) in [4.78, 5) is 22.1. The summed E-state index contributed by atoms with van der Waals surface area (Å²) >= 11 is 0. The van der Waals surface area contributed by atoms with E-state index in [9.17, 15) is 14.9 Å². The highest BCUT2D eigenvalue weighted by atomic mass is 16.6. The molecule has 1 aromatic carbocycles. The van der Waals surface area contributed by atoms with Gasteiger partial charge in [0.1, 0.15) is 5.82 Å². The van der Waals surface area contributed by atoms with Gasteiger partial charge in [-0.3, -0.25) is 20.0 Å². The Balaban J connectivity index is 2.26. The van der Waals surface area contributed by atoms with Gasteiger partial charge in [0.2, 0.25) is 0 Å². The molecule has 0 radical (unpaired) electrons. The summed E-state index contributed by atoms with van der Waals surface area (Å²) in [6.45, 7) is 1.62. The first kappa shape index (κ1) is 11.8. The van der Waals surface area contributed by atoms with Gasteiger partial charge in [-0.1, -0.05) is 6.07 Å². The van der Waals surface area contributed by atoms with Crippen LogP contribution >= 0.6 is 0 Å². The van der Waals surface area contributed by atoms with Crippen LogP contribution in [0.2, 0.25) is 0 Å². The number of hydrogen-bond donors (Lipinski definition) is 2. The number of nitrogens with one attached hydrogen (secondary N) is 2. The number of amides is 1. The normalized spacial score (nSPS) is 10.1. The SMILES string of the molecule is Cc1ccc(C(=O)Nc2ccn[nH]2)cc1[N+](=O)[O-]. The average molecular weight is 246 g/mol. The summed E-state index contributed by atoms with van der Waals surface area (Å²) in [6, 6.07) is 5.91. The Morgan fingerprint density at radius 1 is 1.44 bits per heavy atom. The van der Waals surface area contributed by atoms with Gasteiger partial charge in [-0.05, 0) is 13.0 Å². The maximum Gasteiger partial charge on any atom is 0.273 e. The third-order valence-corrected chi connectivity index (χ3v) is 2.42. The molecule has 0 atom stereocenters. The lowest BCUT2D eigenvalue weighted by molar-refractivity contribution is -0.385. The van der Waals surface area contributed by atoms with E-state index in [2.05, 4.69) is 15.5 Å². The Morgan fingerprint density at radius 2 is 2.22 bits per heavy atom. The van der Waals surface area contributed by atoms with Crippen LogP contribution in [0.25, 0.3) is 0 Å². The molecule has 0 aliphatic heterocycles. The maximum atomic E-state index is 11.8. The van der Waals surface area contributed by atoms with Gasteiger partial charge >= 0.3 is 0 Å². The van der Waals surface area contributed by atoms with E-state index in [1.165, 1.54) is 18.3 Å². The number of hydrogen-bond acceptors (Lipinski definition) is 4. The summed E-state index contributed by atoms with van der Waals surface area (Å²) in [5.41, 5.74) is 0.659. The highest BCUT2D eigenvalue weighted by Gasteiger charge is 2.15. The molecule has 0 aliphatic carbocycles. The Morgan fingerprint density at radius 3 is 2.83 bits per heavy atom. The molecule has 2 rings (SSSR count). The van der Waals surface area contributed by atoms with Crippen molar-refractivity contribution in [2.24, 2.45) is 0 Å². The van der Waals surface area contributed by atoms with Crippen molar-refractivity contribution in [3.63, 3.8) is 0 Å². The fourth-order valence-corrected chi connectivity index (χ4v) is 1.47. The van der Waals surface area contributed by atoms with E-state index >= 15 is 0 Å². The number of carbonyl (C=O) groups is 1. The number of H-pyrrole nitrogens is 1. The number of aromatic nitrogens is 2. The van der Waals surface area contributed by atoms with Crippen LogP contribution < -0.4 is 5.32 Å². The Kier molecular flexibility index (Phi) is 3.05. The lowest BCUT2D eigenvalue weighted by Gasteiger charge is -2.03. The summed E-state index contributed by atoms with van der Waals surface area (Å²) in [5.74, 6) is 0.00516. The highest BCUT2D eigenvalue weighted by molar-refractivity contribution is 6.04. The van der Waals surface area contributed by atoms with Gasteiger partial charge in [-0.15, -0.1) is 0 Å². The predicted molar refractivity (Wildman–Crippen MR) is 64.4 cm³/mol. The van der Waals surface area contributed by atoms with Gasteiger partial charge in [0, 0.05) is 23.3 Å². The Hall–Kier alpha value is -2.70. The molecule has 0 unspecified atom stereocenters. The number of aromatic amines is 1. The number of carbonyl (C=O) groups excluding carboxylic acids is 1. The van der Waals surface area contributed by atoms with Gasteiger partial charge in [0.15, 0.2) is 0 Å². The third kappa shape index (κ3) is 2.34. The molecule has 0 fully saturated rings. The van der Waals surface area contributed by atoms with Crippen molar-refractivity contribution in [1.29, 1.82) is 0 Å². The fraction of sp³-hybridized carbons (Fsp3) is 0.0909. The van der Waals surface area contributed by atoms with Crippen molar-refractivity contribution in [3.05, 3.63) is 51.7 Å². The minimum absolute atomic E-state index is 0.0766. The van der Waals surface area contributed by atoms with E-state index in [-0.39, 0.29) is 11.3 Å². The van der Waals surface area contributed by atoms with E-state index in [0.717, 1.165) is 0 Å². The largest absolute Gasteiger partial charge is 0.307 e. The van der Waals surface area contributed by atoms with Crippen LogP contribution in [0, 0.1) is 17.0 Å². The van der Waals surface area contributed by atoms with E-state index in [0.29, 0.717) is 11.4 Å². The van der Waals surface area contributed by atoms with Crippen LogP contribution in [0.3, 0.4) is 0 Å². The first-order valence-corrected chi connectivity index (χ1v) is 5.13. The van der Waals surface area contributed by atoms with Crippen LogP contribution in [-0.2, 0) is 0 Å². The zero-order valence-corrected chi connectivity index (χ0v) is 9.51. The molecule has 92 valence electrons. The highest BCUT2D eigenvalue weighted by Crippen LogP contribution is 2.19. The minimum atomic E-state index is -0.512. The molecule has 7 heteroatoms. The first-order chi connectivity index (χ1) is 8.58. The van der Waals surface area contributed by atoms with E-state index in [4.69, 9.17) is 0 Å². The van der Waals surface area contributed by atoms with Crippen LogP contribution in [0.5, 0.6) is 0 Å². The van der Waals surface area contributed by atoms with E-state index < -0.39 is 10.8 Å². The molecule has 0 aliphatic rings. The van der Waals surface area contributed by atoms with Gasteiger partial charge in [0.25, 0.3) is 11.6 Å². The number of nitro groups is 1. The second kappa shape index (κ2) is 4.66. The number of nitro benzene ring substituents is 1. The monoisotopic (exact) mass is 246 g/mol. The van der Waals surface area contributed by atoms with E-state index in [1.807, 2.05) is 0 Å². The van der Waals surface area contributed by atoms with Crippen molar-refractivity contribution < 1.29 is 9.72 Å². The van der Waals surface area contributed by atoms with Crippen molar-refractivity contribution in [2.45, 2.75) is 6.92 Å². The van der Waals surface area contributed by atoms with Crippen LogP contribution in [-0.4, -0.2) is 21.0 Å². The summed E-state index contributed by atoms with van der Waals surface area (Å²) in [6.07, 6.45) is 1.49. The molecule has 1 amide bonds. The molecule has 0 spiro atoms. The second-order valence-corrected chi connectivity index (χ2v) is 3.68. The van der Waals surface area contributed by atoms with Crippen LogP contribution in [0.1, 0.15) is 15.9 Å². The zero-order valence-electron chi connectivity index (χ0n) is 9.51. The summed E-state index contributed by atoms with van der Waals surface area (Å²) in [7, 11) is 0. The van der Waals surface area contributed by atoms with Gasteiger partial charge in [0.05, 0.1) is 11.1 Å². The molecule has 1 aromatic heterocycles. The number of rotatable bonds is 3. The molecule has 0 bridgehead atoms. The smallest absolute Gasteiger partial charge is 0.273 e. The first-order valence-electron chi connectivity index (χ1n) is 5.13. The molecular weight excluding hydrogens is 236 g/mol. The number of aryl methyl sites for hydroxylation is 1. The Bertz CT molecular complexity index is 592. The predicted octanol–water partition coefficient (Wildman–Crippen LogP) is 1.88. The summed E-state index contributed by atoms with van der Waals surface area (Å²) < 4.78 is 0.